The van der Waals surface area contributed by atoms with Crippen molar-refractivity contribution in [1.82, 2.24) is 5.32 Å². The van der Waals surface area contributed by atoms with Crippen molar-refractivity contribution in [2.45, 2.75) is 58.0 Å². The lowest BCUT2D eigenvalue weighted by atomic mass is 10.00. The van der Waals surface area contributed by atoms with E-state index in [-0.39, 0.29) is 30.1 Å². The third kappa shape index (κ3) is 5.50. The molecule has 4 rings (SSSR count). The molecule has 0 bridgehead atoms. The average molecular weight is 465 g/mol. The minimum Gasteiger partial charge on any atom is -0.351 e. The van der Waals surface area contributed by atoms with Gasteiger partial charge in [-0.25, -0.2) is 4.39 Å². The molecule has 2 aromatic carbocycles. The molecule has 1 aliphatic carbocycles. The van der Waals surface area contributed by atoms with Crippen LogP contribution >= 0.6 is 11.3 Å². The first-order valence-electron chi connectivity index (χ1n) is 11.4. The van der Waals surface area contributed by atoms with Crippen molar-refractivity contribution in [3.05, 3.63) is 87.4 Å². The van der Waals surface area contributed by atoms with Crippen LogP contribution in [0.2, 0.25) is 0 Å². The predicted molar refractivity (Wildman–Crippen MR) is 131 cm³/mol. The number of benzene rings is 2. The molecular formula is C27H29FN2O2S. The Kier molecular flexibility index (Phi) is 7.23. The van der Waals surface area contributed by atoms with Crippen molar-refractivity contribution in [1.29, 1.82) is 0 Å². The number of nitrogens with zero attached hydrogens (tertiary/aromatic N) is 1. The molecule has 1 heterocycles. The van der Waals surface area contributed by atoms with E-state index in [1.54, 1.807) is 17.0 Å². The van der Waals surface area contributed by atoms with E-state index in [4.69, 9.17) is 0 Å². The Balaban J connectivity index is 1.80. The average Bonchev–Trinajstić information content (AvgIpc) is 3.49. The Morgan fingerprint density at radius 3 is 2.48 bits per heavy atom. The Morgan fingerprint density at radius 2 is 1.82 bits per heavy atom. The van der Waals surface area contributed by atoms with Crippen molar-refractivity contribution in [2.75, 3.05) is 4.90 Å². The van der Waals surface area contributed by atoms with E-state index < -0.39 is 6.04 Å². The molecule has 1 atom stereocenters. The summed E-state index contributed by atoms with van der Waals surface area (Å²) in [4.78, 5) is 30.0. The molecule has 4 nitrogen and oxygen atoms in total. The van der Waals surface area contributed by atoms with Crippen molar-refractivity contribution in [3.63, 3.8) is 0 Å². The Bertz CT molecular complexity index is 1110. The highest BCUT2D eigenvalue weighted by molar-refractivity contribution is 7.10. The number of aryl methyl sites for hydroxylation is 2. The Hall–Kier alpha value is -2.99. The van der Waals surface area contributed by atoms with Gasteiger partial charge in [0.25, 0.3) is 0 Å². The number of anilines is 1. The molecule has 0 radical (unpaired) electrons. The fourth-order valence-corrected chi connectivity index (χ4v) is 5.15. The molecular weight excluding hydrogens is 435 g/mol. The summed E-state index contributed by atoms with van der Waals surface area (Å²) in [6.45, 7) is 3.91. The summed E-state index contributed by atoms with van der Waals surface area (Å²) in [5.41, 5.74) is 3.19. The van der Waals surface area contributed by atoms with Gasteiger partial charge in [-0.2, -0.15) is 0 Å². The minimum absolute atomic E-state index is 0.105. The van der Waals surface area contributed by atoms with E-state index in [0.717, 1.165) is 41.7 Å². The summed E-state index contributed by atoms with van der Waals surface area (Å²) in [5, 5.41) is 5.11. The van der Waals surface area contributed by atoms with Crippen LogP contribution in [0.1, 0.15) is 53.3 Å². The van der Waals surface area contributed by atoms with E-state index in [1.807, 2.05) is 49.6 Å². The number of hydrogen-bond donors (Lipinski definition) is 1. The molecule has 33 heavy (non-hydrogen) atoms. The van der Waals surface area contributed by atoms with Crippen LogP contribution in [0.4, 0.5) is 10.1 Å². The number of carbonyl (C=O) groups is 2. The molecule has 1 fully saturated rings. The summed E-state index contributed by atoms with van der Waals surface area (Å²) in [5.74, 6) is -0.770. The molecule has 1 saturated carbocycles. The molecule has 0 saturated heterocycles. The van der Waals surface area contributed by atoms with Gasteiger partial charge < -0.3 is 5.32 Å². The topological polar surface area (TPSA) is 49.4 Å². The van der Waals surface area contributed by atoms with Gasteiger partial charge in [0.15, 0.2) is 0 Å². The van der Waals surface area contributed by atoms with E-state index in [1.165, 1.54) is 23.5 Å². The summed E-state index contributed by atoms with van der Waals surface area (Å²) < 4.78 is 13.8. The van der Waals surface area contributed by atoms with E-state index in [2.05, 4.69) is 5.32 Å². The van der Waals surface area contributed by atoms with E-state index in [9.17, 15) is 14.0 Å². The van der Waals surface area contributed by atoms with Gasteiger partial charge in [0, 0.05) is 16.6 Å². The molecule has 0 aliphatic heterocycles. The van der Waals surface area contributed by atoms with E-state index in [0.29, 0.717) is 11.3 Å². The lowest BCUT2D eigenvalue weighted by molar-refractivity contribution is -0.127. The zero-order chi connectivity index (χ0) is 23.4. The lowest BCUT2D eigenvalue weighted by Gasteiger charge is -2.33. The zero-order valence-corrected chi connectivity index (χ0v) is 19.8. The summed E-state index contributed by atoms with van der Waals surface area (Å²) in [6, 6.07) is 14.9. The van der Waals surface area contributed by atoms with Crippen molar-refractivity contribution in [3.8, 4) is 0 Å². The normalized spacial score (nSPS) is 14.8. The second kappa shape index (κ2) is 10.3. The Labute approximate surface area is 198 Å². The highest BCUT2D eigenvalue weighted by Gasteiger charge is 2.35. The number of halogens is 1. The summed E-state index contributed by atoms with van der Waals surface area (Å²) >= 11 is 1.52. The van der Waals surface area contributed by atoms with Gasteiger partial charge in [-0.05, 0) is 73.0 Å². The van der Waals surface area contributed by atoms with Crippen molar-refractivity contribution in [2.24, 2.45) is 0 Å². The van der Waals surface area contributed by atoms with Crippen molar-refractivity contribution >= 4 is 28.8 Å². The maximum Gasteiger partial charge on any atom is 0.248 e. The second-order valence-corrected chi connectivity index (χ2v) is 9.79. The van der Waals surface area contributed by atoms with Gasteiger partial charge in [0.1, 0.15) is 11.9 Å². The van der Waals surface area contributed by atoms with Gasteiger partial charge in [-0.1, -0.05) is 43.2 Å². The van der Waals surface area contributed by atoms with Gasteiger partial charge >= 0.3 is 0 Å². The van der Waals surface area contributed by atoms with Crippen LogP contribution in [0.15, 0.2) is 60.0 Å². The van der Waals surface area contributed by atoms with Crippen LogP contribution in [-0.2, 0) is 16.0 Å². The fraction of sp³-hybridized carbons (Fsp3) is 0.333. The molecule has 2 amide bonds. The second-order valence-electron chi connectivity index (χ2n) is 8.75. The highest BCUT2D eigenvalue weighted by Crippen LogP contribution is 2.33. The third-order valence-electron chi connectivity index (χ3n) is 6.19. The largest absolute Gasteiger partial charge is 0.351 e. The molecule has 172 valence electrons. The van der Waals surface area contributed by atoms with Gasteiger partial charge in [0.2, 0.25) is 11.8 Å². The molecule has 6 heteroatoms. The number of thiophene rings is 1. The molecule has 1 aliphatic rings. The molecule has 1 N–H and O–H groups in total. The van der Waals surface area contributed by atoms with Crippen LogP contribution in [0.5, 0.6) is 0 Å². The quantitative estimate of drug-likeness (QED) is 0.475. The number of hydrogen-bond acceptors (Lipinski definition) is 3. The van der Waals surface area contributed by atoms with Gasteiger partial charge in [-0.15, -0.1) is 11.3 Å². The first kappa shape index (κ1) is 23.2. The highest BCUT2D eigenvalue weighted by atomic mass is 32.1. The first-order valence-corrected chi connectivity index (χ1v) is 12.3. The Morgan fingerprint density at radius 1 is 1.09 bits per heavy atom. The lowest BCUT2D eigenvalue weighted by Crippen LogP contribution is -2.47. The van der Waals surface area contributed by atoms with Gasteiger partial charge in [0.05, 0.1) is 6.42 Å². The fourth-order valence-electron chi connectivity index (χ4n) is 4.46. The number of nitrogens with one attached hydrogen (secondary N) is 1. The third-order valence-corrected chi connectivity index (χ3v) is 7.07. The van der Waals surface area contributed by atoms with Crippen LogP contribution < -0.4 is 10.2 Å². The van der Waals surface area contributed by atoms with Gasteiger partial charge in [-0.3, -0.25) is 14.5 Å². The summed E-state index contributed by atoms with van der Waals surface area (Å²) in [7, 11) is 0. The smallest absolute Gasteiger partial charge is 0.248 e. The minimum atomic E-state index is -0.890. The van der Waals surface area contributed by atoms with Crippen LogP contribution in [0.3, 0.4) is 0 Å². The molecule has 0 spiro atoms. The first-order chi connectivity index (χ1) is 15.9. The predicted octanol–water partition coefficient (Wildman–Crippen LogP) is 5.88. The molecule has 3 aromatic rings. The number of rotatable bonds is 7. The maximum atomic E-state index is 13.8. The van der Waals surface area contributed by atoms with Crippen LogP contribution in [0.25, 0.3) is 0 Å². The molecule has 0 unspecified atom stereocenters. The summed E-state index contributed by atoms with van der Waals surface area (Å²) in [6.07, 6.45) is 4.25. The van der Waals surface area contributed by atoms with Crippen LogP contribution in [0, 0.1) is 19.7 Å². The monoisotopic (exact) mass is 464 g/mol. The number of carbonyl (C=O) groups excluding carboxylic acids is 2. The maximum absolute atomic E-state index is 13.8. The van der Waals surface area contributed by atoms with Crippen molar-refractivity contribution < 1.29 is 14.0 Å². The SMILES string of the molecule is Cc1ccc(C)c(N(C(=O)Cc2cccs2)[C@H](C(=O)NC2CCCC2)c2ccc(F)cc2)c1. The van der Waals surface area contributed by atoms with E-state index >= 15 is 0 Å². The standard InChI is InChI=1S/C27H29FN2O2S/c1-18-9-10-19(2)24(16-18)30(25(31)17-23-8-5-15-33-23)26(20-11-13-21(28)14-12-20)27(32)29-22-6-3-4-7-22/h5,8-16,22,26H,3-4,6-7,17H2,1-2H3,(H,29,32)/t26-/m0/s1. The zero-order valence-electron chi connectivity index (χ0n) is 19.0. The molecule has 1 aromatic heterocycles. The number of amides is 2. The van der Waals surface area contributed by atoms with Crippen LogP contribution in [-0.4, -0.2) is 17.9 Å².